The van der Waals surface area contributed by atoms with E-state index < -0.39 is 11.8 Å². The van der Waals surface area contributed by atoms with Crippen molar-refractivity contribution in [1.82, 2.24) is 16.2 Å². The molecule has 27 heavy (non-hydrogen) atoms. The average molecular weight is 367 g/mol. The highest BCUT2D eigenvalue weighted by Crippen LogP contribution is 2.22. The molecule has 2 aromatic rings. The smallest absolute Gasteiger partial charge is 0.269 e. The first-order valence-corrected chi connectivity index (χ1v) is 8.76. The van der Waals surface area contributed by atoms with E-state index >= 15 is 0 Å². The van der Waals surface area contributed by atoms with Crippen molar-refractivity contribution in [1.29, 1.82) is 0 Å². The standard InChI is InChI=1S/C21H25N3O3/c1-21(2,3)17-11-9-16(10-12-17)20(27)24-23-19(26)14-22-18(25)13-15-7-5-4-6-8-15/h4-12H,13-14H2,1-3H3,(H,22,25)(H,23,26)(H,24,27). The lowest BCUT2D eigenvalue weighted by Crippen LogP contribution is -2.46. The maximum Gasteiger partial charge on any atom is 0.269 e. The van der Waals surface area contributed by atoms with Gasteiger partial charge in [-0.3, -0.25) is 25.2 Å². The zero-order valence-electron chi connectivity index (χ0n) is 15.8. The molecule has 2 aromatic carbocycles. The molecule has 0 saturated heterocycles. The predicted molar refractivity (Wildman–Crippen MR) is 104 cm³/mol. The average Bonchev–Trinajstić information content (AvgIpc) is 2.64. The van der Waals surface area contributed by atoms with Gasteiger partial charge in [-0.2, -0.15) is 0 Å². The minimum absolute atomic E-state index is 0.00117. The summed E-state index contributed by atoms with van der Waals surface area (Å²) in [6.45, 7) is 6.06. The van der Waals surface area contributed by atoms with Gasteiger partial charge in [0.2, 0.25) is 5.91 Å². The van der Waals surface area contributed by atoms with Crippen LogP contribution in [0.3, 0.4) is 0 Å². The van der Waals surface area contributed by atoms with Crippen LogP contribution in [0.4, 0.5) is 0 Å². The van der Waals surface area contributed by atoms with Crippen LogP contribution < -0.4 is 16.2 Å². The fourth-order valence-corrected chi connectivity index (χ4v) is 2.39. The maximum absolute atomic E-state index is 12.1. The molecule has 0 fully saturated rings. The predicted octanol–water partition coefficient (Wildman–Crippen LogP) is 2.10. The van der Waals surface area contributed by atoms with E-state index in [1.165, 1.54) is 0 Å². The second-order valence-corrected chi connectivity index (χ2v) is 7.27. The van der Waals surface area contributed by atoms with Crippen molar-refractivity contribution in [2.45, 2.75) is 32.6 Å². The number of carbonyl (C=O) groups is 3. The van der Waals surface area contributed by atoms with E-state index in [1.807, 2.05) is 42.5 Å². The van der Waals surface area contributed by atoms with Gasteiger partial charge in [-0.25, -0.2) is 0 Å². The number of rotatable bonds is 5. The van der Waals surface area contributed by atoms with Gasteiger partial charge in [0.15, 0.2) is 0 Å². The first-order chi connectivity index (χ1) is 12.8. The Bertz CT molecular complexity index is 794. The fourth-order valence-electron chi connectivity index (χ4n) is 2.39. The van der Waals surface area contributed by atoms with Crippen LogP contribution in [0.25, 0.3) is 0 Å². The van der Waals surface area contributed by atoms with E-state index in [2.05, 4.69) is 36.9 Å². The minimum atomic E-state index is -0.504. The van der Waals surface area contributed by atoms with Crippen LogP contribution >= 0.6 is 0 Å². The van der Waals surface area contributed by atoms with Gasteiger partial charge >= 0.3 is 0 Å². The summed E-state index contributed by atoms with van der Waals surface area (Å²) in [5, 5.41) is 2.52. The minimum Gasteiger partial charge on any atom is -0.347 e. The summed E-state index contributed by atoms with van der Waals surface area (Å²) in [4.78, 5) is 35.7. The molecule has 0 unspecified atom stereocenters. The van der Waals surface area contributed by atoms with Gasteiger partial charge in [0.25, 0.3) is 11.8 Å². The Labute approximate surface area is 159 Å². The van der Waals surface area contributed by atoms with Gasteiger partial charge in [-0.05, 0) is 28.7 Å². The fraction of sp³-hybridized carbons (Fsp3) is 0.286. The number of benzene rings is 2. The Balaban J connectivity index is 1.74. The Morgan fingerprint density at radius 3 is 2.04 bits per heavy atom. The lowest BCUT2D eigenvalue weighted by atomic mass is 9.87. The van der Waals surface area contributed by atoms with E-state index in [-0.39, 0.29) is 24.3 Å². The molecule has 0 aliphatic rings. The van der Waals surface area contributed by atoms with Crippen LogP contribution in [0.2, 0.25) is 0 Å². The van der Waals surface area contributed by atoms with Crippen molar-refractivity contribution in [3.63, 3.8) is 0 Å². The summed E-state index contributed by atoms with van der Waals surface area (Å²) >= 11 is 0. The van der Waals surface area contributed by atoms with E-state index in [0.717, 1.165) is 11.1 Å². The molecular weight excluding hydrogens is 342 g/mol. The molecule has 0 heterocycles. The zero-order valence-corrected chi connectivity index (χ0v) is 15.8. The summed E-state index contributed by atoms with van der Waals surface area (Å²) in [6, 6.07) is 16.4. The number of hydrazine groups is 1. The van der Waals surface area contributed by atoms with E-state index in [4.69, 9.17) is 0 Å². The Hall–Kier alpha value is -3.15. The van der Waals surface area contributed by atoms with Gasteiger partial charge in [-0.15, -0.1) is 0 Å². The number of carbonyl (C=O) groups excluding carboxylic acids is 3. The Kier molecular flexibility index (Phi) is 6.71. The molecule has 6 nitrogen and oxygen atoms in total. The monoisotopic (exact) mass is 367 g/mol. The molecule has 3 amide bonds. The third kappa shape index (κ3) is 6.58. The first-order valence-electron chi connectivity index (χ1n) is 8.76. The number of hydrogen-bond donors (Lipinski definition) is 3. The normalized spacial score (nSPS) is 10.8. The van der Waals surface area contributed by atoms with Crippen molar-refractivity contribution < 1.29 is 14.4 Å². The summed E-state index contributed by atoms with van der Waals surface area (Å²) in [6.07, 6.45) is 0.195. The van der Waals surface area contributed by atoms with Gasteiger partial charge in [-0.1, -0.05) is 63.2 Å². The molecular formula is C21H25N3O3. The third-order valence-corrected chi connectivity index (χ3v) is 3.98. The lowest BCUT2D eigenvalue weighted by molar-refractivity contribution is -0.126. The molecule has 0 aromatic heterocycles. The summed E-state index contributed by atoms with van der Waals surface area (Å²) in [7, 11) is 0. The molecule has 142 valence electrons. The second kappa shape index (κ2) is 8.98. The third-order valence-electron chi connectivity index (χ3n) is 3.98. The first kappa shape index (κ1) is 20.2. The van der Waals surface area contributed by atoms with Gasteiger partial charge in [0.1, 0.15) is 0 Å². The summed E-state index contributed by atoms with van der Waals surface area (Å²) < 4.78 is 0. The topological polar surface area (TPSA) is 87.3 Å². The van der Waals surface area contributed by atoms with Crippen molar-refractivity contribution in [2.24, 2.45) is 0 Å². The van der Waals surface area contributed by atoms with Crippen LogP contribution in [0.15, 0.2) is 54.6 Å². The van der Waals surface area contributed by atoms with Crippen molar-refractivity contribution in [2.75, 3.05) is 6.54 Å². The lowest BCUT2D eigenvalue weighted by Gasteiger charge is -2.19. The second-order valence-electron chi connectivity index (χ2n) is 7.27. The molecule has 6 heteroatoms. The molecule has 0 spiro atoms. The molecule has 0 aliphatic carbocycles. The van der Waals surface area contributed by atoms with Crippen molar-refractivity contribution >= 4 is 17.7 Å². The van der Waals surface area contributed by atoms with E-state index in [0.29, 0.717) is 5.56 Å². The molecule has 0 atom stereocenters. The quantitative estimate of drug-likeness (QED) is 0.707. The highest BCUT2D eigenvalue weighted by molar-refractivity contribution is 5.95. The molecule has 0 bridgehead atoms. The summed E-state index contributed by atoms with van der Waals surface area (Å²) in [5.41, 5.74) is 7.05. The molecule has 0 radical (unpaired) electrons. The number of amides is 3. The van der Waals surface area contributed by atoms with E-state index in [9.17, 15) is 14.4 Å². The maximum atomic E-state index is 12.1. The van der Waals surface area contributed by atoms with Gasteiger partial charge in [0, 0.05) is 5.56 Å². The zero-order chi connectivity index (χ0) is 19.9. The van der Waals surface area contributed by atoms with Crippen LogP contribution in [-0.4, -0.2) is 24.3 Å². The van der Waals surface area contributed by atoms with Gasteiger partial charge in [0.05, 0.1) is 13.0 Å². The van der Waals surface area contributed by atoms with Crippen LogP contribution in [0.5, 0.6) is 0 Å². The Morgan fingerprint density at radius 1 is 0.815 bits per heavy atom. The van der Waals surface area contributed by atoms with E-state index in [1.54, 1.807) is 12.1 Å². The van der Waals surface area contributed by atoms with Gasteiger partial charge < -0.3 is 5.32 Å². The summed E-state index contributed by atoms with van der Waals surface area (Å²) in [5.74, 6) is -1.18. The van der Waals surface area contributed by atoms with Crippen LogP contribution in [0, 0.1) is 0 Å². The molecule has 2 rings (SSSR count). The molecule has 0 aliphatic heterocycles. The largest absolute Gasteiger partial charge is 0.347 e. The number of hydrogen-bond acceptors (Lipinski definition) is 3. The SMILES string of the molecule is CC(C)(C)c1ccc(C(=O)NNC(=O)CNC(=O)Cc2ccccc2)cc1. The van der Waals surface area contributed by atoms with Crippen molar-refractivity contribution in [3.8, 4) is 0 Å². The van der Waals surface area contributed by atoms with Crippen LogP contribution in [0.1, 0.15) is 42.3 Å². The highest BCUT2D eigenvalue weighted by Gasteiger charge is 2.14. The highest BCUT2D eigenvalue weighted by atomic mass is 16.2. The van der Waals surface area contributed by atoms with Crippen LogP contribution in [-0.2, 0) is 21.4 Å². The Morgan fingerprint density at radius 2 is 1.44 bits per heavy atom. The van der Waals surface area contributed by atoms with Crippen molar-refractivity contribution in [3.05, 3.63) is 71.3 Å². The molecule has 3 N–H and O–H groups in total. The number of nitrogens with one attached hydrogen (secondary N) is 3. The molecule has 0 saturated carbocycles.